The molecule has 1 atom stereocenters. The molecule has 0 aliphatic carbocycles. The lowest BCUT2D eigenvalue weighted by molar-refractivity contribution is 0.260. The summed E-state index contributed by atoms with van der Waals surface area (Å²) in [5.41, 5.74) is 12.8. The third kappa shape index (κ3) is 3.41. The van der Waals surface area contributed by atoms with Crippen molar-refractivity contribution in [3.05, 3.63) is 44.5 Å². The molecule has 1 heterocycles. The van der Waals surface area contributed by atoms with Gasteiger partial charge in [-0.25, -0.2) is 0 Å². The van der Waals surface area contributed by atoms with Crippen LogP contribution in [0.3, 0.4) is 0 Å². The second kappa shape index (κ2) is 7.79. The number of hydrogen-bond donors (Lipinski definition) is 0. The second-order valence-electron chi connectivity index (χ2n) is 8.11. The largest absolute Gasteiger partial charge is 0.493 e. The molecule has 0 saturated carbocycles. The first-order chi connectivity index (χ1) is 13.2. The van der Waals surface area contributed by atoms with Gasteiger partial charge in [-0.15, -0.1) is 0 Å². The zero-order valence-corrected chi connectivity index (χ0v) is 18.9. The number of rotatable bonds is 6. The van der Waals surface area contributed by atoms with Gasteiger partial charge >= 0.3 is 0 Å². The molecule has 3 rings (SSSR count). The highest BCUT2D eigenvalue weighted by Gasteiger charge is 2.26. The summed E-state index contributed by atoms with van der Waals surface area (Å²) in [7, 11) is 0. The number of ether oxygens (including phenoxy) is 3. The molecule has 1 fully saturated rings. The van der Waals surface area contributed by atoms with Crippen LogP contribution >= 0.6 is 0 Å². The molecular weight excluding hydrogens is 348 g/mol. The van der Waals surface area contributed by atoms with E-state index in [2.05, 4.69) is 55.4 Å². The lowest BCUT2D eigenvalue weighted by Crippen LogP contribution is -2.10. The quantitative estimate of drug-likeness (QED) is 0.574. The van der Waals surface area contributed by atoms with Crippen LogP contribution in [-0.2, 0) is 4.74 Å². The number of epoxide rings is 1. The van der Waals surface area contributed by atoms with Crippen LogP contribution in [0.1, 0.15) is 51.4 Å². The molecule has 0 N–H and O–H groups in total. The summed E-state index contributed by atoms with van der Waals surface area (Å²) in [6.45, 7) is 21.8. The van der Waals surface area contributed by atoms with Crippen LogP contribution in [0.2, 0.25) is 0 Å². The van der Waals surface area contributed by atoms with Crippen molar-refractivity contribution in [3.63, 3.8) is 0 Å². The van der Waals surface area contributed by atoms with E-state index >= 15 is 0 Å². The van der Waals surface area contributed by atoms with Gasteiger partial charge < -0.3 is 14.2 Å². The third-order valence-electron chi connectivity index (χ3n) is 6.47. The predicted octanol–water partition coefficient (Wildman–Crippen LogP) is 6.00. The van der Waals surface area contributed by atoms with Gasteiger partial charge in [-0.05, 0) is 118 Å². The predicted molar refractivity (Wildman–Crippen MR) is 116 cm³/mol. The van der Waals surface area contributed by atoms with E-state index in [9.17, 15) is 0 Å². The van der Waals surface area contributed by atoms with Crippen LogP contribution in [-0.4, -0.2) is 25.9 Å². The average molecular weight is 383 g/mol. The van der Waals surface area contributed by atoms with Gasteiger partial charge in [0.2, 0.25) is 0 Å². The highest BCUT2D eigenvalue weighted by atomic mass is 16.6. The van der Waals surface area contributed by atoms with Crippen LogP contribution in [0.5, 0.6) is 11.5 Å². The Morgan fingerprint density at radius 3 is 1.32 bits per heavy atom. The van der Waals surface area contributed by atoms with E-state index in [1.54, 1.807) is 0 Å². The maximum absolute atomic E-state index is 6.16. The molecule has 0 bridgehead atoms. The fourth-order valence-electron chi connectivity index (χ4n) is 4.22. The minimum atomic E-state index is 0.264. The molecule has 0 radical (unpaired) electrons. The van der Waals surface area contributed by atoms with Crippen LogP contribution < -0.4 is 9.47 Å². The normalized spacial score (nSPS) is 15.7. The maximum atomic E-state index is 6.16. The minimum absolute atomic E-state index is 0.264. The topological polar surface area (TPSA) is 31.0 Å². The van der Waals surface area contributed by atoms with Gasteiger partial charge in [0, 0.05) is 0 Å². The van der Waals surface area contributed by atoms with Gasteiger partial charge in [-0.3, -0.25) is 0 Å². The molecule has 3 nitrogen and oxygen atoms in total. The molecule has 152 valence electrons. The fraction of sp³-hybridized carbons (Fsp3) is 0.520. The van der Waals surface area contributed by atoms with Crippen molar-refractivity contribution in [2.45, 2.75) is 68.4 Å². The molecule has 2 aromatic carbocycles. The van der Waals surface area contributed by atoms with Gasteiger partial charge in [0.25, 0.3) is 0 Å². The minimum Gasteiger partial charge on any atom is -0.493 e. The third-order valence-corrected chi connectivity index (χ3v) is 6.47. The highest BCUT2D eigenvalue weighted by Crippen LogP contribution is 2.44. The SMILES string of the molecule is CCOc1c(C)c(C)c(-c2c(C)c(C)c(OCC3CO3)c(C)c2C)c(C)c1C. The van der Waals surface area contributed by atoms with Gasteiger partial charge in [0.15, 0.2) is 0 Å². The molecule has 1 aliphatic rings. The fourth-order valence-corrected chi connectivity index (χ4v) is 4.22. The van der Waals surface area contributed by atoms with Gasteiger partial charge in [0.05, 0.1) is 13.2 Å². The van der Waals surface area contributed by atoms with E-state index in [1.165, 1.54) is 55.6 Å². The molecule has 1 aliphatic heterocycles. The number of hydrogen-bond acceptors (Lipinski definition) is 3. The maximum Gasteiger partial charge on any atom is 0.125 e. The molecular formula is C25H34O3. The van der Waals surface area contributed by atoms with E-state index in [-0.39, 0.29) is 6.10 Å². The van der Waals surface area contributed by atoms with E-state index in [0.717, 1.165) is 18.1 Å². The first kappa shape index (κ1) is 20.7. The summed E-state index contributed by atoms with van der Waals surface area (Å²) in [6, 6.07) is 0. The van der Waals surface area contributed by atoms with Crippen LogP contribution in [0.15, 0.2) is 0 Å². The summed E-state index contributed by atoms with van der Waals surface area (Å²) in [4.78, 5) is 0. The Kier molecular flexibility index (Phi) is 5.77. The highest BCUT2D eigenvalue weighted by molar-refractivity contribution is 5.82. The van der Waals surface area contributed by atoms with Crippen molar-refractivity contribution in [1.29, 1.82) is 0 Å². The number of benzene rings is 2. The van der Waals surface area contributed by atoms with Crippen LogP contribution in [0.25, 0.3) is 11.1 Å². The Morgan fingerprint density at radius 2 is 1.00 bits per heavy atom. The first-order valence-electron chi connectivity index (χ1n) is 10.3. The van der Waals surface area contributed by atoms with Gasteiger partial charge in [0.1, 0.15) is 24.2 Å². The van der Waals surface area contributed by atoms with E-state index in [0.29, 0.717) is 13.2 Å². The molecule has 28 heavy (non-hydrogen) atoms. The van der Waals surface area contributed by atoms with Crippen molar-refractivity contribution < 1.29 is 14.2 Å². The second-order valence-corrected chi connectivity index (χ2v) is 8.11. The Labute approximate surface area is 170 Å². The Hall–Kier alpha value is -2.00. The van der Waals surface area contributed by atoms with E-state index < -0.39 is 0 Å². The summed E-state index contributed by atoms with van der Waals surface area (Å²) in [5, 5.41) is 0. The molecule has 3 heteroatoms. The Morgan fingerprint density at radius 1 is 0.643 bits per heavy atom. The van der Waals surface area contributed by atoms with Gasteiger partial charge in [-0.1, -0.05) is 0 Å². The summed E-state index contributed by atoms with van der Waals surface area (Å²) < 4.78 is 17.4. The molecule has 1 saturated heterocycles. The van der Waals surface area contributed by atoms with Crippen molar-refractivity contribution in [2.75, 3.05) is 19.8 Å². The Balaban J connectivity index is 2.21. The van der Waals surface area contributed by atoms with Crippen molar-refractivity contribution >= 4 is 0 Å². The van der Waals surface area contributed by atoms with Crippen molar-refractivity contribution in [2.24, 2.45) is 0 Å². The van der Waals surface area contributed by atoms with Gasteiger partial charge in [-0.2, -0.15) is 0 Å². The molecule has 2 aromatic rings. The Bertz CT molecular complexity index is 862. The van der Waals surface area contributed by atoms with E-state index in [4.69, 9.17) is 14.2 Å². The standard InChI is InChI=1S/C25H34O3/c1-10-26-24-17(6)13(2)22(14(3)18(24)7)23-15(4)19(8)25(20(9)16(23)5)28-12-21-11-27-21/h21H,10-12H2,1-9H3. The molecule has 0 spiro atoms. The van der Waals surface area contributed by atoms with Crippen molar-refractivity contribution in [3.8, 4) is 22.6 Å². The average Bonchev–Trinajstić information content (AvgIpc) is 3.49. The zero-order valence-electron chi connectivity index (χ0n) is 18.9. The monoisotopic (exact) mass is 382 g/mol. The summed E-state index contributed by atoms with van der Waals surface area (Å²) in [5.74, 6) is 2.05. The van der Waals surface area contributed by atoms with Crippen LogP contribution in [0.4, 0.5) is 0 Å². The zero-order chi connectivity index (χ0) is 20.7. The van der Waals surface area contributed by atoms with Crippen LogP contribution in [0, 0.1) is 55.4 Å². The molecule has 0 amide bonds. The smallest absolute Gasteiger partial charge is 0.125 e. The lowest BCUT2D eigenvalue weighted by atomic mass is 9.82. The summed E-state index contributed by atoms with van der Waals surface area (Å²) >= 11 is 0. The lowest BCUT2D eigenvalue weighted by Gasteiger charge is -2.26. The summed E-state index contributed by atoms with van der Waals surface area (Å²) in [6.07, 6.45) is 0.264. The van der Waals surface area contributed by atoms with E-state index in [1.807, 2.05) is 6.92 Å². The molecule has 0 aromatic heterocycles. The molecule has 1 unspecified atom stereocenters. The van der Waals surface area contributed by atoms with Crippen molar-refractivity contribution in [1.82, 2.24) is 0 Å². The first-order valence-corrected chi connectivity index (χ1v) is 10.3.